The average Bonchev–Trinajstić information content (AvgIpc) is 3.81. The number of halogens is 6. The number of benzene rings is 1. The lowest BCUT2D eigenvalue weighted by molar-refractivity contribution is -0.163. The summed E-state index contributed by atoms with van der Waals surface area (Å²) in [5.74, 6) is -2.42. The Hall–Kier alpha value is -4.38. The number of carbonyl (C=O) groups excluding carboxylic acids is 2. The Morgan fingerprint density at radius 2 is 1.73 bits per heavy atom. The van der Waals surface area contributed by atoms with Gasteiger partial charge in [0.1, 0.15) is 16.4 Å². The summed E-state index contributed by atoms with van der Waals surface area (Å²) in [6.07, 6.45) is -5.64. The van der Waals surface area contributed by atoms with Crippen LogP contribution in [-0.4, -0.2) is 80.2 Å². The Morgan fingerprint density at radius 1 is 1.00 bits per heavy atom. The van der Waals surface area contributed by atoms with Crippen LogP contribution in [0.3, 0.4) is 0 Å². The minimum absolute atomic E-state index is 0.0238. The SMILES string of the molecule is CCC[C@H]1N(C(=O)c2cnccc2C(F)(F)F)CCC[C@@]1(Oc1csc(C(F)(F)F)c1)C(=O)N1CCC(O)(c2ccccc2O[C@@H]2CC[C@@H](CC(=O)O)C2)CC1. The molecule has 2 aliphatic heterocycles. The molecule has 2 saturated heterocycles. The smallest absolute Gasteiger partial charge is 0.425 e. The standard InChI is InChI=1S/C39H43F6N3O7S/c1-2-6-31-37(55-26-21-32(56-23-26)39(43,44)45,12-5-16-48(31)34(51)27-22-46-15-11-28(27)38(40,41)42)35(52)47-17-13-36(53,14-18-47)29-7-3-4-8-30(29)54-25-10-9-24(19-25)20-33(49)50/h3-4,7-8,11,15,21-25,31,53H,2,5-6,9-10,12-14,16-20H2,1H3,(H,49,50)/t24-,25-,31-,37+/m1/s1. The number of ether oxygens (including phenoxy) is 2. The maximum absolute atomic E-state index is 15.0. The number of carboxylic acid groups (broad SMARTS) is 1. The molecule has 3 aromatic rings. The number of hydrogen-bond acceptors (Lipinski definition) is 8. The minimum Gasteiger partial charge on any atom is -0.490 e. The maximum Gasteiger partial charge on any atom is 0.425 e. The number of piperidine rings is 2. The van der Waals surface area contributed by atoms with Gasteiger partial charge in [-0.05, 0) is 63.0 Å². The number of aliphatic carboxylic acids is 1. The summed E-state index contributed by atoms with van der Waals surface area (Å²) < 4.78 is 96.0. The van der Waals surface area contributed by atoms with Crippen molar-refractivity contribution in [2.24, 2.45) is 5.92 Å². The van der Waals surface area contributed by atoms with E-state index in [1.54, 1.807) is 31.2 Å². The highest BCUT2D eigenvalue weighted by molar-refractivity contribution is 7.10. The zero-order valence-corrected chi connectivity index (χ0v) is 31.4. The second-order valence-electron chi connectivity index (χ2n) is 14.8. The van der Waals surface area contributed by atoms with Crippen LogP contribution in [0.25, 0.3) is 0 Å². The number of nitrogens with zero attached hydrogens (tertiary/aromatic N) is 3. The summed E-state index contributed by atoms with van der Waals surface area (Å²) in [4.78, 5) is 45.6. The molecule has 304 valence electrons. The molecular formula is C39H43F6N3O7S. The van der Waals surface area contributed by atoms with Crippen LogP contribution in [0.1, 0.15) is 97.5 Å². The predicted molar refractivity (Wildman–Crippen MR) is 191 cm³/mol. The van der Waals surface area contributed by atoms with Crippen LogP contribution in [0.5, 0.6) is 11.5 Å². The third-order valence-electron chi connectivity index (χ3n) is 11.1. The van der Waals surface area contributed by atoms with Crippen molar-refractivity contribution in [1.82, 2.24) is 14.8 Å². The summed E-state index contributed by atoms with van der Waals surface area (Å²) in [6, 6.07) is 7.23. The number of carboxylic acids is 1. The highest BCUT2D eigenvalue weighted by Gasteiger charge is 2.56. The molecular weight excluding hydrogens is 768 g/mol. The fourth-order valence-electron chi connectivity index (χ4n) is 8.42. The van der Waals surface area contributed by atoms with Crippen molar-refractivity contribution in [3.8, 4) is 11.5 Å². The van der Waals surface area contributed by atoms with Gasteiger partial charge in [0.15, 0.2) is 0 Å². The first-order chi connectivity index (χ1) is 26.4. The van der Waals surface area contributed by atoms with E-state index in [1.165, 1.54) is 4.90 Å². The molecule has 2 aromatic heterocycles. The molecule has 4 atom stereocenters. The van der Waals surface area contributed by atoms with Crippen LogP contribution in [0.15, 0.2) is 54.2 Å². The summed E-state index contributed by atoms with van der Waals surface area (Å²) >= 11 is 0.367. The van der Waals surface area contributed by atoms with E-state index in [-0.39, 0.29) is 75.9 Å². The first-order valence-corrected chi connectivity index (χ1v) is 19.5. The molecule has 10 nitrogen and oxygen atoms in total. The molecule has 0 spiro atoms. The molecule has 0 radical (unpaired) electrons. The molecule has 1 aromatic carbocycles. The Bertz CT molecular complexity index is 1900. The van der Waals surface area contributed by atoms with Gasteiger partial charge >= 0.3 is 18.3 Å². The van der Waals surface area contributed by atoms with Gasteiger partial charge in [-0.2, -0.15) is 26.3 Å². The molecule has 0 bridgehead atoms. The molecule has 56 heavy (non-hydrogen) atoms. The van der Waals surface area contributed by atoms with Crippen LogP contribution >= 0.6 is 11.3 Å². The maximum atomic E-state index is 15.0. The number of pyridine rings is 1. The molecule has 2 amide bonds. The number of aromatic nitrogens is 1. The highest BCUT2D eigenvalue weighted by Crippen LogP contribution is 2.45. The lowest BCUT2D eigenvalue weighted by Crippen LogP contribution is -2.68. The Labute approximate surface area is 323 Å². The van der Waals surface area contributed by atoms with Crippen LogP contribution in [0, 0.1) is 5.92 Å². The van der Waals surface area contributed by atoms with Crippen molar-refractivity contribution in [1.29, 1.82) is 0 Å². The summed E-state index contributed by atoms with van der Waals surface area (Å²) in [6.45, 7) is 1.66. The van der Waals surface area contributed by atoms with Gasteiger partial charge in [0.2, 0.25) is 5.60 Å². The van der Waals surface area contributed by atoms with E-state index in [0.717, 1.165) is 28.7 Å². The van der Waals surface area contributed by atoms with Gasteiger partial charge in [0.25, 0.3) is 11.8 Å². The van der Waals surface area contributed by atoms with Crippen LogP contribution in [0.4, 0.5) is 26.3 Å². The molecule has 0 unspecified atom stereocenters. The number of hydrogen-bond donors (Lipinski definition) is 2. The fourth-order valence-corrected chi connectivity index (χ4v) is 9.10. The van der Waals surface area contributed by atoms with Crippen LogP contribution in [-0.2, 0) is 27.5 Å². The molecule has 4 heterocycles. The molecule has 1 saturated carbocycles. The molecule has 17 heteroatoms. The van der Waals surface area contributed by atoms with Crippen LogP contribution < -0.4 is 9.47 Å². The Kier molecular flexibility index (Phi) is 12.0. The average molecular weight is 812 g/mol. The summed E-state index contributed by atoms with van der Waals surface area (Å²) in [7, 11) is 0. The van der Waals surface area contributed by atoms with E-state index < -0.39 is 63.4 Å². The zero-order chi connectivity index (χ0) is 40.5. The van der Waals surface area contributed by atoms with Crippen molar-refractivity contribution >= 4 is 29.1 Å². The third kappa shape index (κ3) is 8.62. The Balaban J connectivity index is 1.30. The topological polar surface area (TPSA) is 130 Å². The molecule has 2 N–H and O–H groups in total. The number of amides is 2. The zero-order valence-electron chi connectivity index (χ0n) is 30.6. The summed E-state index contributed by atoms with van der Waals surface area (Å²) in [5.41, 5.74) is -4.89. The second kappa shape index (κ2) is 16.2. The van der Waals surface area contributed by atoms with Gasteiger partial charge < -0.3 is 29.5 Å². The minimum atomic E-state index is -4.90. The fraction of sp³-hybridized carbons (Fsp3) is 0.538. The van der Waals surface area contributed by atoms with Crippen molar-refractivity contribution in [2.75, 3.05) is 19.6 Å². The van der Waals surface area contributed by atoms with E-state index in [2.05, 4.69) is 4.98 Å². The van der Waals surface area contributed by atoms with Gasteiger partial charge in [-0.1, -0.05) is 31.5 Å². The van der Waals surface area contributed by atoms with Crippen molar-refractivity contribution in [3.05, 3.63) is 75.7 Å². The van der Waals surface area contributed by atoms with Gasteiger partial charge in [0.05, 0.1) is 28.9 Å². The van der Waals surface area contributed by atoms with Gasteiger partial charge in [-0.15, -0.1) is 11.3 Å². The molecule has 3 aliphatic rings. The van der Waals surface area contributed by atoms with Gasteiger partial charge in [-0.25, -0.2) is 0 Å². The lowest BCUT2D eigenvalue weighted by Gasteiger charge is -2.51. The van der Waals surface area contributed by atoms with Crippen LogP contribution in [0.2, 0.25) is 0 Å². The van der Waals surface area contributed by atoms with E-state index in [1.807, 2.05) is 0 Å². The van der Waals surface area contributed by atoms with Crippen molar-refractivity contribution < 1.29 is 60.4 Å². The Morgan fingerprint density at radius 3 is 2.39 bits per heavy atom. The first-order valence-electron chi connectivity index (χ1n) is 18.6. The monoisotopic (exact) mass is 811 g/mol. The number of rotatable bonds is 11. The number of para-hydroxylation sites is 1. The first kappa shape index (κ1) is 41.3. The van der Waals surface area contributed by atoms with Crippen molar-refractivity contribution in [2.45, 2.75) is 107 Å². The van der Waals surface area contributed by atoms with E-state index >= 15 is 0 Å². The van der Waals surface area contributed by atoms with Crippen molar-refractivity contribution in [3.63, 3.8) is 0 Å². The van der Waals surface area contributed by atoms with E-state index in [9.17, 15) is 50.9 Å². The predicted octanol–water partition coefficient (Wildman–Crippen LogP) is 7.94. The van der Waals surface area contributed by atoms with Gasteiger partial charge in [-0.3, -0.25) is 19.4 Å². The number of thiophene rings is 1. The molecule has 1 aliphatic carbocycles. The number of carbonyl (C=O) groups is 3. The van der Waals surface area contributed by atoms with E-state index in [0.29, 0.717) is 54.4 Å². The molecule has 6 rings (SSSR count). The number of likely N-dealkylation sites (tertiary alicyclic amines) is 2. The quantitative estimate of drug-likeness (QED) is 0.187. The lowest BCUT2D eigenvalue weighted by atomic mass is 9.78. The van der Waals surface area contributed by atoms with Gasteiger partial charge in [0, 0.05) is 61.9 Å². The highest BCUT2D eigenvalue weighted by atomic mass is 32.1. The normalized spacial score (nSPS) is 24.2. The third-order valence-corrected chi connectivity index (χ3v) is 12.0. The molecule has 3 fully saturated rings. The summed E-state index contributed by atoms with van der Waals surface area (Å²) in [5, 5.41) is 22.4. The number of alkyl halides is 6. The number of aliphatic hydroxyl groups is 1. The largest absolute Gasteiger partial charge is 0.490 e. The second-order valence-corrected chi connectivity index (χ2v) is 15.7. The van der Waals surface area contributed by atoms with E-state index in [4.69, 9.17) is 9.47 Å².